The normalized spacial score (nSPS) is 13.3. The SMILES string of the molecule is CCOCCOC(CN(CC(OCCO)OCCOCC)c1ccc(N)c(C(C)C)c1)OCCO. The molecule has 0 saturated heterocycles. The monoisotopic (exact) mass is 502 g/mol. The van der Waals surface area contributed by atoms with E-state index in [1.807, 2.05) is 36.9 Å². The third-order valence-corrected chi connectivity index (χ3v) is 5.06. The number of aliphatic hydroxyl groups excluding tert-OH is 2. The van der Waals surface area contributed by atoms with Gasteiger partial charge >= 0.3 is 0 Å². The molecule has 10 nitrogen and oxygen atoms in total. The van der Waals surface area contributed by atoms with Gasteiger partial charge in [-0.25, -0.2) is 0 Å². The summed E-state index contributed by atoms with van der Waals surface area (Å²) in [5, 5.41) is 18.6. The second-order valence-electron chi connectivity index (χ2n) is 8.06. The molecule has 35 heavy (non-hydrogen) atoms. The van der Waals surface area contributed by atoms with Crippen LogP contribution in [-0.4, -0.2) is 102 Å². The Morgan fingerprint density at radius 1 is 0.771 bits per heavy atom. The summed E-state index contributed by atoms with van der Waals surface area (Å²) in [7, 11) is 0. The molecule has 0 bridgehead atoms. The second-order valence-corrected chi connectivity index (χ2v) is 8.06. The van der Waals surface area contributed by atoms with Gasteiger partial charge in [-0.15, -0.1) is 0 Å². The summed E-state index contributed by atoms with van der Waals surface area (Å²) in [4.78, 5) is 2.04. The quantitative estimate of drug-likeness (QED) is 0.123. The van der Waals surface area contributed by atoms with Gasteiger partial charge in [-0.2, -0.15) is 0 Å². The Morgan fingerprint density at radius 2 is 1.26 bits per heavy atom. The molecule has 0 aliphatic carbocycles. The first-order valence-corrected chi connectivity index (χ1v) is 12.4. The highest BCUT2D eigenvalue weighted by atomic mass is 16.7. The minimum atomic E-state index is -0.621. The molecule has 0 heterocycles. The van der Waals surface area contributed by atoms with Crippen LogP contribution in [0.3, 0.4) is 0 Å². The van der Waals surface area contributed by atoms with E-state index < -0.39 is 12.6 Å². The largest absolute Gasteiger partial charge is 0.398 e. The minimum Gasteiger partial charge on any atom is -0.398 e. The van der Waals surface area contributed by atoms with Gasteiger partial charge in [0.05, 0.1) is 65.9 Å². The minimum absolute atomic E-state index is 0.118. The van der Waals surface area contributed by atoms with Crippen molar-refractivity contribution < 1.29 is 38.6 Å². The molecule has 204 valence electrons. The number of anilines is 2. The van der Waals surface area contributed by atoms with E-state index >= 15 is 0 Å². The van der Waals surface area contributed by atoms with Crippen LogP contribution in [0, 0.1) is 0 Å². The Morgan fingerprint density at radius 3 is 1.69 bits per heavy atom. The number of nitrogens with zero attached hydrogens (tertiary/aromatic N) is 1. The molecule has 0 aromatic heterocycles. The number of nitrogens with two attached hydrogens (primary N) is 1. The highest BCUT2D eigenvalue weighted by molar-refractivity contribution is 5.59. The summed E-state index contributed by atoms with van der Waals surface area (Å²) < 4.78 is 34.1. The van der Waals surface area contributed by atoms with E-state index in [9.17, 15) is 10.2 Å². The van der Waals surface area contributed by atoms with Crippen molar-refractivity contribution in [2.75, 3.05) is 89.8 Å². The lowest BCUT2D eigenvalue weighted by atomic mass is 10.0. The number of hydrogen-bond acceptors (Lipinski definition) is 10. The number of nitrogen functional groups attached to an aromatic ring is 1. The van der Waals surface area contributed by atoms with Crippen LogP contribution in [0.4, 0.5) is 11.4 Å². The smallest absolute Gasteiger partial charge is 0.175 e. The molecule has 1 aromatic carbocycles. The van der Waals surface area contributed by atoms with E-state index in [1.165, 1.54) is 0 Å². The fourth-order valence-corrected chi connectivity index (χ4v) is 3.35. The molecule has 1 rings (SSSR count). The Balaban J connectivity index is 3.12. The van der Waals surface area contributed by atoms with Gasteiger partial charge < -0.3 is 49.3 Å². The molecule has 0 spiro atoms. The lowest BCUT2D eigenvalue weighted by Crippen LogP contribution is -2.43. The van der Waals surface area contributed by atoms with Crippen LogP contribution in [0.25, 0.3) is 0 Å². The third kappa shape index (κ3) is 13.4. The van der Waals surface area contributed by atoms with Crippen molar-refractivity contribution in [1.82, 2.24) is 0 Å². The average molecular weight is 503 g/mol. The average Bonchev–Trinajstić information content (AvgIpc) is 2.85. The predicted octanol–water partition coefficient (Wildman–Crippen LogP) is 1.97. The summed E-state index contributed by atoms with van der Waals surface area (Å²) in [5.41, 5.74) is 8.87. The lowest BCUT2D eigenvalue weighted by molar-refractivity contribution is -0.159. The fourth-order valence-electron chi connectivity index (χ4n) is 3.35. The number of ether oxygens (including phenoxy) is 6. The number of rotatable bonds is 22. The van der Waals surface area contributed by atoms with E-state index in [-0.39, 0.29) is 32.3 Å². The van der Waals surface area contributed by atoms with Crippen molar-refractivity contribution in [3.63, 3.8) is 0 Å². The lowest BCUT2D eigenvalue weighted by Gasteiger charge is -2.33. The van der Waals surface area contributed by atoms with Crippen LogP contribution in [0.1, 0.15) is 39.2 Å². The van der Waals surface area contributed by atoms with Crippen LogP contribution in [-0.2, 0) is 28.4 Å². The van der Waals surface area contributed by atoms with Gasteiger partial charge in [-0.1, -0.05) is 13.8 Å². The van der Waals surface area contributed by atoms with Crippen molar-refractivity contribution in [2.24, 2.45) is 0 Å². The molecule has 0 fully saturated rings. The maximum absolute atomic E-state index is 9.28. The van der Waals surface area contributed by atoms with Crippen LogP contribution in [0.5, 0.6) is 0 Å². The molecule has 0 amide bonds. The Labute approximate surface area is 210 Å². The molecular weight excluding hydrogens is 456 g/mol. The number of hydrogen-bond donors (Lipinski definition) is 3. The third-order valence-electron chi connectivity index (χ3n) is 5.06. The molecule has 1 aromatic rings. The molecular formula is C25H46N2O8. The fraction of sp³-hybridized carbons (Fsp3) is 0.760. The van der Waals surface area contributed by atoms with Gasteiger partial charge in [0.25, 0.3) is 0 Å². The summed E-state index contributed by atoms with van der Waals surface area (Å²) >= 11 is 0. The Hall–Kier alpha value is -1.50. The van der Waals surface area contributed by atoms with Crippen LogP contribution in [0.2, 0.25) is 0 Å². The van der Waals surface area contributed by atoms with Crippen molar-refractivity contribution in [1.29, 1.82) is 0 Å². The first kappa shape index (κ1) is 31.5. The number of aliphatic hydroxyl groups is 2. The highest BCUT2D eigenvalue weighted by Crippen LogP contribution is 2.28. The molecule has 2 atom stereocenters. The Bertz CT molecular complexity index is 624. The molecule has 0 radical (unpaired) electrons. The molecule has 0 aliphatic heterocycles. The summed E-state index contributed by atoms with van der Waals surface area (Å²) in [6, 6.07) is 5.87. The van der Waals surface area contributed by atoms with E-state index in [0.717, 1.165) is 16.9 Å². The van der Waals surface area contributed by atoms with Crippen molar-refractivity contribution in [3.8, 4) is 0 Å². The standard InChI is InChI=1S/C25H46N2O8/c1-5-30-13-15-34-24(32-11-9-28)18-27(21-7-8-23(26)22(17-21)20(3)4)19-25(33-12-10-29)35-16-14-31-6-2/h7-8,17,20,24-25,28-29H,5-6,9-16,18-19,26H2,1-4H3. The van der Waals surface area contributed by atoms with Gasteiger partial charge in [0.15, 0.2) is 12.6 Å². The van der Waals surface area contributed by atoms with E-state index in [1.54, 1.807) is 0 Å². The Kier molecular flexibility index (Phi) is 17.7. The van der Waals surface area contributed by atoms with Gasteiger partial charge in [-0.3, -0.25) is 0 Å². The summed E-state index contributed by atoms with van der Waals surface area (Å²) in [6.45, 7) is 11.6. The maximum Gasteiger partial charge on any atom is 0.175 e. The van der Waals surface area contributed by atoms with E-state index in [2.05, 4.69) is 13.8 Å². The van der Waals surface area contributed by atoms with Crippen molar-refractivity contribution >= 4 is 11.4 Å². The zero-order valence-electron chi connectivity index (χ0n) is 21.8. The first-order valence-electron chi connectivity index (χ1n) is 12.4. The van der Waals surface area contributed by atoms with Crippen LogP contribution in [0.15, 0.2) is 18.2 Å². The second kappa shape index (κ2) is 19.7. The zero-order chi connectivity index (χ0) is 25.9. The van der Waals surface area contributed by atoms with Crippen molar-refractivity contribution in [2.45, 2.75) is 46.2 Å². The van der Waals surface area contributed by atoms with Crippen LogP contribution >= 0.6 is 0 Å². The molecule has 2 unspecified atom stereocenters. The topological polar surface area (TPSA) is 125 Å². The van der Waals surface area contributed by atoms with Crippen molar-refractivity contribution in [3.05, 3.63) is 23.8 Å². The predicted molar refractivity (Wildman–Crippen MR) is 136 cm³/mol. The molecule has 0 aliphatic rings. The summed E-state index contributed by atoms with van der Waals surface area (Å²) in [5.74, 6) is 0.240. The molecule has 10 heteroatoms. The first-order chi connectivity index (χ1) is 17.0. The van der Waals surface area contributed by atoms with Gasteiger partial charge in [0.1, 0.15) is 0 Å². The van der Waals surface area contributed by atoms with Gasteiger partial charge in [0.2, 0.25) is 0 Å². The highest BCUT2D eigenvalue weighted by Gasteiger charge is 2.22. The van der Waals surface area contributed by atoms with E-state index in [4.69, 9.17) is 34.2 Å². The molecule has 4 N–H and O–H groups in total. The molecule has 0 saturated carbocycles. The number of benzene rings is 1. The zero-order valence-corrected chi connectivity index (χ0v) is 21.8. The van der Waals surface area contributed by atoms with E-state index in [0.29, 0.717) is 52.7 Å². The maximum atomic E-state index is 9.28. The van der Waals surface area contributed by atoms with Crippen LogP contribution < -0.4 is 10.6 Å². The summed E-state index contributed by atoms with van der Waals surface area (Å²) in [6.07, 6.45) is -1.24. The van der Waals surface area contributed by atoms with Gasteiger partial charge in [0, 0.05) is 24.6 Å². The van der Waals surface area contributed by atoms with Gasteiger partial charge in [-0.05, 0) is 43.5 Å².